The Kier molecular flexibility index (Phi) is 3.76. The summed E-state index contributed by atoms with van der Waals surface area (Å²) in [6, 6.07) is 0. The van der Waals surface area contributed by atoms with E-state index in [0.717, 1.165) is 12.6 Å². The summed E-state index contributed by atoms with van der Waals surface area (Å²) < 4.78 is 1.30. The summed E-state index contributed by atoms with van der Waals surface area (Å²) in [5.41, 5.74) is -1.17. The van der Waals surface area contributed by atoms with Crippen LogP contribution in [0, 0.1) is 10.1 Å². The minimum absolute atomic E-state index is 0.149. The van der Waals surface area contributed by atoms with Crippen molar-refractivity contribution in [3.63, 3.8) is 0 Å². The molecule has 1 amide bonds. The lowest BCUT2D eigenvalue weighted by molar-refractivity contribution is -0.385. The molecule has 1 unspecified atom stereocenters. The highest BCUT2D eigenvalue weighted by Crippen LogP contribution is 2.23. The molecule has 0 aromatic carbocycles. The van der Waals surface area contributed by atoms with Gasteiger partial charge >= 0.3 is 5.69 Å². The maximum atomic E-state index is 12.5. The third-order valence-corrected chi connectivity index (χ3v) is 3.56. The van der Waals surface area contributed by atoms with Gasteiger partial charge in [0.05, 0.1) is 11.0 Å². The van der Waals surface area contributed by atoms with E-state index in [4.69, 9.17) is 0 Å². The highest BCUT2D eigenvalue weighted by atomic mass is 16.6. The number of nitro groups is 1. The van der Waals surface area contributed by atoms with E-state index in [1.165, 1.54) is 10.9 Å². The number of likely N-dealkylation sites (tertiary alicyclic amines) is 1. The van der Waals surface area contributed by atoms with Crippen molar-refractivity contribution in [2.24, 2.45) is 0 Å². The molecule has 0 spiro atoms. The van der Waals surface area contributed by atoms with Gasteiger partial charge in [-0.05, 0) is 26.7 Å². The first-order chi connectivity index (χ1) is 9.32. The predicted molar refractivity (Wildman–Crippen MR) is 70.0 cm³/mol. The third kappa shape index (κ3) is 2.64. The summed E-state index contributed by atoms with van der Waals surface area (Å²) in [5, 5.41) is 24.2. The summed E-state index contributed by atoms with van der Waals surface area (Å²) in [5.74, 6) is -0.200. The van der Waals surface area contributed by atoms with Crippen molar-refractivity contribution < 1.29 is 14.8 Å². The van der Waals surface area contributed by atoms with Crippen LogP contribution >= 0.6 is 0 Å². The quantitative estimate of drug-likeness (QED) is 0.643. The Morgan fingerprint density at radius 3 is 2.85 bits per heavy atom. The van der Waals surface area contributed by atoms with Crippen LogP contribution in [0.4, 0.5) is 5.69 Å². The van der Waals surface area contributed by atoms with E-state index in [-0.39, 0.29) is 11.6 Å². The van der Waals surface area contributed by atoms with E-state index >= 15 is 0 Å². The van der Waals surface area contributed by atoms with E-state index in [0.29, 0.717) is 19.5 Å². The number of aliphatic hydroxyl groups excluding tert-OH is 1. The first kappa shape index (κ1) is 14.4. The zero-order valence-corrected chi connectivity index (χ0v) is 11.5. The molecule has 8 heteroatoms. The molecule has 2 heterocycles. The van der Waals surface area contributed by atoms with Crippen LogP contribution in [0.15, 0.2) is 12.4 Å². The van der Waals surface area contributed by atoms with E-state index in [9.17, 15) is 20.0 Å². The van der Waals surface area contributed by atoms with Gasteiger partial charge in [-0.25, -0.2) is 0 Å². The van der Waals surface area contributed by atoms with Crippen molar-refractivity contribution >= 4 is 11.6 Å². The van der Waals surface area contributed by atoms with Crippen LogP contribution in [-0.4, -0.2) is 49.8 Å². The Morgan fingerprint density at radius 2 is 2.30 bits per heavy atom. The molecule has 0 saturated carbocycles. The number of piperidine rings is 1. The maximum Gasteiger partial charge on any atom is 0.307 e. The van der Waals surface area contributed by atoms with Crippen LogP contribution in [0.1, 0.15) is 26.7 Å². The van der Waals surface area contributed by atoms with Gasteiger partial charge in [0.15, 0.2) is 0 Å². The van der Waals surface area contributed by atoms with E-state index < -0.39 is 16.6 Å². The molecule has 2 rings (SSSR count). The summed E-state index contributed by atoms with van der Waals surface area (Å²) in [6.07, 6.45) is 3.31. The molecule has 1 aromatic heterocycles. The van der Waals surface area contributed by atoms with Gasteiger partial charge < -0.3 is 10.0 Å². The van der Waals surface area contributed by atoms with Gasteiger partial charge in [0.1, 0.15) is 17.9 Å². The lowest BCUT2D eigenvalue weighted by Gasteiger charge is -2.36. The minimum Gasteiger partial charge on any atom is -0.391 e. The fraction of sp³-hybridized carbons (Fsp3) is 0.667. The Balaban J connectivity index is 2.19. The predicted octanol–water partition coefficient (Wildman–Crippen LogP) is 0.510. The Labute approximate surface area is 116 Å². The lowest BCUT2D eigenvalue weighted by Crippen LogP contribution is -2.51. The van der Waals surface area contributed by atoms with E-state index in [1.807, 2.05) is 0 Å². The number of nitrogens with zero attached hydrogens (tertiary/aromatic N) is 4. The fourth-order valence-electron chi connectivity index (χ4n) is 2.34. The monoisotopic (exact) mass is 282 g/mol. The second-order valence-electron chi connectivity index (χ2n) is 5.51. The first-order valence-corrected chi connectivity index (χ1v) is 6.49. The average molecular weight is 282 g/mol. The largest absolute Gasteiger partial charge is 0.391 e. The molecule has 110 valence electrons. The molecule has 1 N–H and O–H groups in total. The standard InChI is InChI=1S/C12H18N4O4/c1-12(2,15-7-9(6-13-15)16(19)20)11(18)14-5-3-4-10(17)8-14/h6-7,10,17H,3-5,8H2,1-2H3. The number of carbonyl (C=O) groups is 1. The fourth-order valence-corrected chi connectivity index (χ4v) is 2.34. The van der Waals surface area contributed by atoms with Crippen molar-refractivity contribution in [3.8, 4) is 0 Å². The van der Waals surface area contributed by atoms with Crippen LogP contribution in [0.25, 0.3) is 0 Å². The van der Waals surface area contributed by atoms with Crippen LogP contribution in [0.2, 0.25) is 0 Å². The number of rotatable bonds is 3. The molecule has 0 bridgehead atoms. The van der Waals surface area contributed by atoms with Crippen LogP contribution in [-0.2, 0) is 10.3 Å². The van der Waals surface area contributed by atoms with Gasteiger partial charge in [-0.3, -0.25) is 19.6 Å². The number of hydrogen-bond acceptors (Lipinski definition) is 5. The Hall–Kier alpha value is -1.96. The van der Waals surface area contributed by atoms with Crippen LogP contribution in [0.5, 0.6) is 0 Å². The molecule has 1 atom stereocenters. The molecule has 8 nitrogen and oxygen atoms in total. The SMILES string of the molecule is CC(C)(C(=O)N1CCCC(O)C1)n1cc([N+](=O)[O-])cn1. The van der Waals surface area contributed by atoms with Gasteiger partial charge in [-0.1, -0.05) is 0 Å². The summed E-state index contributed by atoms with van der Waals surface area (Å²) in [7, 11) is 0. The second kappa shape index (κ2) is 5.20. The number of hydrogen-bond donors (Lipinski definition) is 1. The third-order valence-electron chi connectivity index (χ3n) is 3.56. The highest BCUT2D eigenvalue weighted by Gasteiger charge is 2.37. The second-order valence-corrected chi connectivity index (χ2v) is 5.51. The first-order valence-electron chi connectivity index (χ1n) is 6.49. The van der Waals surface area contributed by atoms with Crippen molar-refractivity contribution in [1.29, 1.82) is 0 Å². The summed E-state index contributed by atoms with van der Waals surface area (Å²) in [6.45, 7) is 4.20. The van der Waals surface area contributed by atoms with Gasteiger partial charge in [-0.15, -0.1) is 0 Å². The number of amides is 1. The van der Waals surface area contributed by atoms with E-state index in [2.05, 4.69) is 5.10 Å². The number of aliphatic hydroxyl groups is 1. The molecule has 1 aliphatic heterocycles. The van der Waals surface area contributed by atoms with E-state index in [1.54, 1.807) is 18.7 Å². The lowest BCUT2D eigenvalue weighted by atomic mass is 10.0. The van der Waals surface area contributed by atoms with Gasteiger partial charge in [0.25, 0.3) is 0 Å². The number of aromatic nitrogens is 2. The van der Waals surface area contributed by atoms with Crippen molar-refractivity contribution in [2.45, 2.75) is 38.3 Å². The molecule has 1 saturated heterocycles. The molecule has 0 aliphatic carbocycles. The zero-order chi connectivity index (χ0) is 14.9. The zero-order valence-electron chi connectivity index (χ0n) is 11.5. The van der Waals surface area contributed by atoms with Crippen LogP contribution in [0.3, 0.4) is 0 Å². The number of carbonyl (C=O) groups excluding carboxylic acids is 1. The topological polar surface area (TPSA) is 102 Å². The molecule has 1 aliphatic rings. The van der Waals surface area contributed by atoms with Gasteiger partial charge in [-0.2, -0.15) is 5.10 Å². The van der Waals surface area contributed by atoms with Crippen LogP contribution < -0.4 is 0 Å². The normalized spacial score (nSPS) is 19.9. The molecule has 1 aromatic rings. The molecule has 1 fully saturated rings. The summed E-state index contributed by atoms with van der Waals surface area (Å²) in [4.78, 5) is 24.2. The molecule has 20 heavy (non-hydrogen) atoms. The number of β-amino-alcohol motifs (C(OH)–C–C–N with tert-alkyl or cyclic N) is 1. The molecular weight excluding hydrogens is 264 g/mol. The Morgan fingerprint density at radius 1 is 1.60 bits per heavy atom. The Bertz CT molecular complexity index is 525. The van der Waals surface area contributed by atoms with Crippen molar-refractivity contribution in [3.05, 3.63) is 22.5 Å². The molecular formula is C12H18N4O4. The van der Waals surface area contributed by atoms with Crippen molar-refractivity contribution in [2.75, 3.05) is 13.1 Å². The highest BCUT2D eigenvalue weighted by molar-refractivity contribution is 5.83. The van der Waals surface area contributed by atoms with Gasteiger partial charge in [0, 0.05) is 13.1 Å². The minimum atomic E-state index is -1.02. The summed E-state index contributed by atoms with van der Waals surface area (Å²) >= 11 is 0. The van der Waals surface area contributed by atoms with Gasteiger partial charge in [0.2, 0.25) is 5.91 Å². The maximum absolute atomic E-state index is 12.5. The smallest absolute Gasteiger partial charge is 0.307 e. The van der Waals surface area contributed by atoms with Crippen molar-refractivity contribution in [1.82, 2.24) is 14.7 Å². The average Bonchev–Trinajstić information content (AvgIpc) is 2.88. The molecule has 0 radical (unpaired) electrons.